The van der Waals surface area contributed by atoms with Gasteiger partial charge in [-0.2, -0.15) is 0 Å². The minimum Gasteiger partial charge on any atom is -0.508 e. The third-order valence-corrected chi connectivity index (χ3v) is 3.10. The number of ether oxygens (including phenoxy) is 1. The number of hydrogen-bond donors (Lipinski definition) is 3. The zero-order chi connectivity index (χ0) is 15.2. The Morgan fingerprint density at radius 1 is 1.14 bits per heavy atom. The fourth-order valence-corrected chi connectivity index (χ4v) is 1.95. The Bertz CT molecular complexity index is 623. The lowest BCUT2D eigenvalue weighted by molar-refractivity contribution is 0.0951. The number of phenols is 2. The Morgan fingerprint density at radius 2 is 1.86 bits per heavy atom. The van der Waals surface area contributed by atoms with Gasteiger partial charge in [0.2, 0.25) is 0 Å². The van der Waals surface area contributed by atoms with Crippen LogP contribution in [0, 0.1) is 0 Å². The molecule has 2 aromatic rings. The molecule has 5 heteroatoms. The fourth-order valence-electron chi connectivity index (χ4n) is 1.95. The molecular weight excluding hydrogens is 270 g/mol. The Kier molecular flexibility index (Phi) is 4.66. The number of phenolic OH excluding ortho intramolecular Hbond substituents is 2. The number of benzene rings is 2. The first-order valence-corrected chi connectivity index (χ1v) is 6.54. The molecule has 0 radical (unpaired) electrons. The number of amides is 1. The first-order chi connectivity index (χ1) is 10.1. The van der Waals surface area contributed by atoms with Gasteiger partial charge >= 0.3 is 0 Å². The van der Waals surface area contributed by atoms with E-state index in [1.165, 1.54) is 13.2 Å². The summed E-state index contributed by atoms with van der Waals surface area (Å²) in [5, 5.41) is 21.8. The van der Waals surface area contributed by atoms with E-state index < -0.39 is 0 Å². The summed E-state index contributed by atoms with van der Waals surface area (Å²) in [6.07, 6.45) is 0.636. The van der Waals surface area contributed by atoms with Crippen LogP contribution in [0.25, 0.3) is 0 Å². The van der Waals surface area contributed by atoms with Crippen molar-refractivity contribution in [1.29, 1.82) is 0 Å². The lowest BCUT2D eigenvalue weighted by atomic mass is 10.1. The van der Waals surface area contributed by atoms with Gasteiger partial charge < -0.3 is 20.3 Å². The van der Waals surface area contributed by atoms with Crippen molar-refractivity contribution >= 4 is 5.91 Å². The second kappa shape index (κ2) is 6.65. The van der Waals surface area contributed by atoms with Crippen LogP contribution >= 0.6 is 0 Å². The molecule has 110 valence electrons. The zero-order valence-corrected chi connectivity index (χ0v) is 11.7. The summed E-state index contributed by atoms with van der Waals surface area (Å²) in [6.45, 7) is 0.431. The van der Waals surface area contributed by atoms with Gasteiger partial charge in [-0.3, -0.25) is 4.79 Å². The van der Waals surface area contributed by atoms with Crippen LogP contribution in [0.3, 0.4) is 0 Å². The first kappa shape index (κ1) is 14.7. The SMILES string of the molecule is COc1cccc(C(=O)NCCc2ccc(O)cc2)c1O. The maximum atomic E-state index is 12.0. The second-order valence-electron chi connectivity index (χ2n) is 4.53. The molecule has 0 aliphatic carbocycles. The number of aromatic hydroxyl groups is 2. The van der Waals surface area contributed by atoms with E-state index in [9.17, 15) is 15.0 Å². The predicted octanol–water partition coefficient (Wildman–Crippen LogP) is 2.08. The van der Waals surface area contributed by atoms with Crippen molar-refractivity contribution in [2.24, 2.45) is 0 Å². The Labute approximate surface area is 122 Å². The molecule has 0 aliphatic rings. The van der Waals surface area contributed by atoms with Crippen LogP contribution in [0.4, 0.5) is 0 Å². The van der Waals surface area contributed by atoms with E-state index in [0.717, 1.165) is 5.56 Å². The lowest BCUT2D eigenvalue weighted by Crippen LogP contribution is -2.25. The van der Waals surface area contributed by atoms with Gasteiger partial charge in [0.1, 0.15) is 5.75 Å². The fraction of sp³-hybridized carbons (Fsp3) is 0.188. The molecule has 0 aliphatic heterocycles. The van der Waals surface area contributed by atoms with Crippen LogP contribution in [-0.2, 0) is 6.42 Å². The van der Waals surface area contributed by atoms with Gasteiger partial charge in [0, 0.05) is 6.54 Å². The Balaban J connectivity index is 1.94. The maximum Gasteiger partial charge on any atom is 0.255 e. The number of rotatable bonds is 5. The quantitative estimate of drug-likeness (QED) is 0.786. The molecule has 0 fully saturated rings. The molecule has 2 rings (SSSR count). The molecule has 0 unspecified atom stereocenters. The number of para-hydroxylation sites is 1. The maximum absolute atomic E-state index is 12.0. The van der Waals surface area contributed by atoms with Crippen LogP contribution in [0.1, 0.15) is 15.9 Å². The van der Waals surface area contributed by atoms with Crippen LogP contribution in [0.5, 0.6) is 17.2 Å². The lowest BCUT2D eigenvalue weighted by Gasteiger charge is -2.09. The van der Waals surface area contributed by atoms with E-state index in [2.05, 4.69) is 5.32 Å². The van der Waals surface area contributed by atoms with Crippen molar-refractivity contribution in [3.8, 4) is 17.2 Å². The molecule has 0 saturated heterocycles. The summed E-state index contributed by atoms with van der Waals surface area (Å²) in [6, 6.07) is 11.6. The Hall–Kier alpha value is -2.69. The highest BCUT2D eigenvalue weighted by molar-refractivity contribution is 5.97. The second-order valence-corrected chi connectivity index (χ2v) is 4.53. The summed E-state index contributed by atoms with van der Waals surface area (Å²) >= 11 is 0. The highest BCUT2D eigenvalue weighted by Gasteiger charge is 2.14. The largest absolute Gasteiger partial charge is 0.508 e. The normalized spacial score (nSPS) is 10.1. The van der Waals surface area contributed by atoms with Crippen molar-refractivity contribution in [1.82, 2.24) is 5.32 Å². The number of carbonyl (C=O) groups is 1. The van der Waals surface area contributed by atoms with Crippen molar-refractivity contribution in [2.45, 2.75) is 6.42 Å². The molecule has 0 bridgehead atoms. The average molecular weight is 287 g/mol. The minimum absolute atomic E-state index is 0.165. The van der Waals surface area contributed by atoms with E-state index >= 15 is 0 Å². The van der Waals surface area contributed by atoms with Gasteiger partial charge in [-0.1, -0.05) is 18.2 Å². The smallest absolute Gasteiger partial charge is 0.255 e. The molecule has 0 saturated carbocycles. The number of methoxy groups -OCH3 is 1. The molecule has 0 spiro atoms. The summed E-state index contributed by atoms with van der Waals surface area (Å²) < 4.78 is 4.97. The molecular formula is C16H17NO4. The molecule has 0 atom stereocenters. The van der Waals surface area contributed by atoms with E-state index in [4.69, 9.17) is 4.74 Å². The van der Waals surface area contributed by atoms with Crippen molar-refractivity contribution in [2.75, 3.05) is 13.7 Å². The average Bonchev–Trinajstić information content (AvgIpc) is 2.49. The van der Waals surface area contributed by atoms with Gasteiger partial charge in [0.25, 0.3) is 5.91 Å². The van der Waals surface area contributed by atoms with Crippen LogP contribution in [-0.4, -0.2) is 29.8 Å². The summed E-state index contributed by atoms with van der Waals surface area (Å²) in [7, 11) is 1.43. The van der Waals surface area contributed by atoms with Crippen molar-refractivity contribution in [3.63, 3.8) is 0 Å². The molecule has 0 aromatic heterocycles. The Morgan fingerprint density at radius 3 is 2.52 bits per heavy atom. The van der Waals surface area contributed by atoms with Gasteiger partial charge in [-0.15, -0.1) is 0 Å². The summed E-state index contributed by atoms with van der Waals surface area (Å²) in [5.41, 5.74) is 1.18. The highest BCUT2D eigenvalue weighted by atomic mass is 16.5. The first-order valence-electron chi connectivity index (χ1n) is 6.54. The zero-order valence-electron chi connectivity index (χ0n) is 11.7. The number of carbonyl (C=O) groups excluding carboxylic acids is 1. The van der Waals surface area contributed by atoms with E-state index in [0.29, 0.717) is 13.0 Å². The van der Waals surface area contributed by atoms with Crippen molar-refractivity contribution in [3.05, 3.63) is 53.6 Å². The van der Waals surface area contributed by atoms with Gasteiger partial charge in [-0.05, 0) is 36.2 Å². The molecule has 0 heterocycles. The molecule has 1 amide bonds. The third kappa shape index (κ3) is 3.66. The molecule has 3 N–H and O–H groups in total. The molecule has 5 nitrogen and oxygen atoms in total. The van der Waals surface area contributed by atoms with Gasteiger partial charge in [0.05, 0.1) is 12.7 Å². The minimum atomic E-state index is -0.356. The molecule has 2 aromatic carbocycles. The van der Waals surface area contributed by atoms with E-state index in [1.807, 2.05) is 0 Å². The number of nitrogens with one attached hydrogen (secondary N) is 1. The number of hydrogen-bond acceptors (Lipinski definition) is 4. The molecule has 21 heavy (non-hydrogen) atoms. The van der Waals surface area contributed by atoms with E-state index in [-0.39, 0.29) is 28.7 Å². The predicted molar refractivity (Wildman–Crippen MR) is 78.8 cm³/mol. The van der Waals surface area contributed by atoms with Crippen LogP contribution in [0.15, 0.2) is 42.5 Å². The highest BCUT2D eigenvalue weighted by Crippen LogP contribution is 2.29. The van der Waals surface area contributed by atoms with Crippen LogP contribution in [0.2, 0.25) is 0 Å². The van der Waals surface area contributed by atoms with Crippen LogP contribution < -0.4 is 10.1 Å². The monoisotopic (exact) mass is 287 g/mol. The van der Waals surface area contributed by atoms with E-state index in [1.54, 1.807) is 36.4 Å². The summed E-state index contributed by atoms with van der Waals surface area (Å²) in [4.78, 5) is 12.0. The van der Waals surface area contributed by atoms with Crippen molar-refractivity contribution < 1.29 is 19.7 Å². The topological polar surface area (TPSA) is 78.8 Å². The van der Waals surface area contributed by atoms with Gasteiger partial charge in [0.15, 0.2) is 11.5 Å². The summed E-state index contributed by atoms with van der Waals surface area (Å²) in [5.74, 6) is -0.0439. The standard InChI is InChI=1S/C16H17NO4/c1-21-14-4-2-3-13(15(14)19)16(20)17-10-9-11-5-7-12(18)8-6-11/h2-8,18-19H,9-10H2,1H3,(H,17,20). The third-order valence-electron chi connectivity index (χ3n) is 3.10. The van der Waals surface area contributed by atoms with Gasteiger partial charge in [-0.25, -0.2) is 0 Å².